The van der Waals surface area contributed by atoms with Crippen molar-refractivity contribution in [3.05, 3.63) is 72.2 Å². The first-order valence-electron chi connectivity index (χ1n) is 10.7. The molecule has 1 fully saturated rings. The molecule has 0 radical (unpaired) electrons. The van der Waals surface area contributed by atoms with Crippen LogP contribution in [0, 0.1) is 0 Å². The van der Waals surface area contributed by atoms with E-state index in [1.807, 2.05) is 28.9 Å². The van der Waals surface area contributed by atoms with Crippen LogP contribution in [0.4, 0.5) is 17.2 Å². The molecule has 2 aliphatic rings. The van der Waals surface area contributed by atoms with Crippen molar-refractivity contribution < 1.29 is 4.74 Å². The van der Waals surface area contributed by atoms with Gasteiger partial charge in [-0.2, -0.15) is 0 Å². The monoisotopic (exact) mass is 425 g/mol. The Labute approximate surface area is 185 Å². The zero-order chi connectivity index (χ0) is 21.5. The largest absolute Gasteiger partial charge is 0.383 e. The molecule has 6 rings (SSSR count). The number of fused-ring (bicyclic) bond motifs is 2. The fourth-order valence-corrected chi connectivity index (χ4v) is 4.26. The molecule has 3 N–H and O–H groups in total. The summed E-state index contributed by atoms with van der Waals surface area (Å²) >= 11 is 0. The van der Waals surface area contributed by atoms with E-state index in [1.54, 1.807) is 6.20 Å². The molecular weight excluding hydrogens is 402 g/mol. The summed E-state index contributed by atoms with van der Waals surface area (Å²) in [5.41, 5.74) is 12.9. The second-order valence-corrected chi connectivity index (χ2v) is 7.98. The van der Waals surface area contributed by atoms with E-state index < -0.39 is 0 Å². The zero-order valence-electron chi connectivity index (χ0n) is 17.5. The molecule has 32 heavy (non-hydrogen) atoms. The molecule has 0 amide bonds. The number of hydrogen-bond acceptors (Lipinski definition) is 7. The van der Waals surface area contributed by atoms with Crippen LogP contribution in [0.1, 0.15) is 11.1 Å². The van der Waals surface area contributed by atoms with Crippen LogP contribution < -0.4 is 16.0 Å². The van der Waals surface area contributed by atoms with Crippen molar-refractivity contribution in [2.45, 2.75) is 6.54 Å². The Morgan fingerprint density at radius 3 is 2.72 bits per heavy atom. The molecular formula is C24H23N7O. The molecule has 0 unspecified atom stereocenters. The van der Waals surface area contributed by atoms with Gasteiger partial charge in [0.1, 0.15) is 5.84 Å². The average molecular weight is 425 g/mol. The van der Waals surface area contributed by atoms with Gasteiger partial charge in [-0.25, -0.2) is 9.97 Å². The topological polar surface area (TPSA) is 93.1 Å². The highest BCUT2D eigenvalue weighted by Crippen LogP contribution is 2.28. The second-order valence-electron chi connectivity index (χ2n) is 7.98. The van der Waals surface area contributed by atoms with E-state index in [0.717, 1.165) is 60.0 Å². The van der Waals surface area contributed by atoms with Crippen molar-refractivity contribution in [3.8, 4) is 11.3 Å². The summed E-state index contributed by atoms with van der Waals surface area (Å²) in [5.74, 6) is 1.32. The van der Waals surface area contributed by atoms with Crippen molar-refractivity contribution in [2.75, 3.05) is 36.5 Å². The van der Waals surface area contributed by atoms with Gasteiger partial charge in [0.2, 0.25) is 0 Å². The Balaban J connectivity index is 1.31. The molecule has 8 heteroatoms. The number of nitrogens with two attached hydrogens (primary N) is 1. The first-order valence-corrected chi connectivity index (χ1v) is 10.7. The number of ether oxygens (including phenoxy) is 1. The van der Waals surface area contributed by atoms with Gasteiger partial charge >= 0.3 is 0 Å². The highest BCUT2D eigenvalue weighted by atomic mass is 16.5. The molecule has 1 saturated heterocycles. The Morgan fingerprint density at radius 1 is 1.03 bits per heavy atom. The van der Waals surface area contributed by atoms with Crippen LogP contribution >= 0.6 is 0 Å². The molecule has 8 nitrogen and oxygen atoms in total. The normalized spacial score (nSPS) is 15.6. The fraction of sp³-hybridized carbons (Fsp3) is 0.208. The number of rotatable bonds is 4. The maximum atomic E-state index is 5.97. The van der Waals surface area contributed by atoms with E-state index in [-0.39, 0.29) is 0 Å². The minimum atomic E-state index is 0.604. The van der Waals surface area contributed by atoms with Crippen LogP contribution in [0.15, 0.2) is 66.0 Å². The van der Waals surface area contributed by atoms with Crippen molar-refractivity contribution in [1.29, 1.82) is 0 Å². The smallest absolute Gasteiger partial charge is 0.180 e. The lowest BCUT2D eigenvalue weighted by Gasteiger charge is -2.28. The lowest BCUT2D eigenvalue weighted by molar-refractivity contribution is 0.122. The van der Waals surface area contributed by atoms with Crippen molar-refractivity contribution in [3.63, 3.8) is 0 Å². The van der Waals surface area contributed by atoms with Crippen LogP contribution in [0.25, 0.3) is 16.9 Å². The Kier molecular flexibility index (Phi) is 4.50. The summed E-state index contributed by atoms with van der Waals surface area (Å²) in [6.45, 7) is 4.00. The Bertz CT molecular complexity index is 1320. The van der Waals surface area contributed by atoms with Crippen molar-refractivity contribution in [1.82, 2.24) is 14.4 Å². The maximum Gasteiger partial charge on any atom is 0.180 e. The first kappa shape index (κ1) is 18.8. The van der Waals surface area contributed by atoms with Gasteiger partial charge < -0.3 is 25.1 Å². The highest BCUT2D eigenvalue weighted by Gasteiger charge is 2.16. The van der Waals surface area contributed by atoms with Gasteiger partial charge in [-0.1, -0.05) is 12.1 Å². The van der Waals surface area contributed by atoms with Crippen molar-refractivity contribution in [2.24, 2.45) is 10.7 Å². The number of amidine groups is 1. The van der Waals surface area contributed by atoms with Crippen LogP contribution in [-0.2, 0) is 11.3 Å². The van der Waals surface area contributed by atoms with Gasteiger partial charge in [0, 0.05) is 54.2 Å². The maximum absolute atomic E-state index is 5.97. The number of anilines is 3. The zero-order valence-corrected chi connectivity index (χ0v) is 17.5. The number of benzene rings is 2. The minimum Gasteiger partial charge on any atom is -0.383 e. The third kappa shape index (κ3) is 3.34. The number of nitrogens with zero attached hydrogens (tertiary/aromatic N) is 5. The molecule has 160 valence electrons. The highest BCUT2D eigenvalue weighted by molar-refractivity contribution is 6.01. The molecule has 0 spiro atoms. The SMILES string of the molecule is NC1=NCc2cc(-c3cn4ccnc4c(Nc4ccc(N5CCOCC5)cc4)n3)ccc21. The molecule has 2 aliphatic heterocycles. The molecule has 2 aromatic heterocycles. The van der Waals surface area contributed by atoms with E-state index in [4.69, 9.17) is 15.5 Å². The van der Waals surface area contributed by atoms with Gasteiger partial charge in [0.05, 0.1) is 25.5 Å². The molecule has 4 aromatic rings. The predicted octanol–water partition coefficient (Wildman–Crippen LogP) is 3.20. The van der Waals surface area contributed by atoms with Gasteiger partial charge in [-0.05, 0) is 35.9 Å². The lowest BCUT2D eigenvalue weighted by Crippen LogP contribution is -2.36. The van der Waals surface area contributed by atoms with Crippen LogP contribution in [0.2, 0.25) is 0 Å². The van der Waals surface area contributed by atoms with Crippen LogP contribution in [0.5, 0.6) is 0 Å². The Hall–Kier alpha value is -3.91. The third-order valence-electron chi connectivity index (χ3n) is 5.98. The van der Waals surface area contributed by atoms with Crippen LogP contribution in [-0.4, -0.2) is 46.5 Å². The summed E-state index contributed by atoms with van der Waals surface area (Å²) in [6.07, 6.45) is 5.71. The van der Waals surface area contributed by atoms with Crippen molar-refractivity contribution >= 4 is 28.7 Å². The van der Waals surface area contributed by atoms with E-state index >= 15 is 0 Å². The molecule has 0 aliphatic carbocycles. The third-order valence-corrected chi connectivity index (χ3v) is 5.98. The number of aliphatic imine (C=N–C) groups is 1. The standard InChI is InChI=1S/C24H23N7O/c25-22-20-6-1-16(13-17(20)14-27-22)21-15-31-8-7-26-24(31)23(29-21)28-18-2-4-19(5-3-18)30-9-11-32-12-10-30/h1-8,13,15H,9-12,14H2,(H2,25,27)(H,28,29). The minimum absolute atomic E-state index is 0.604. The predicted molar refractivity (Wildman–Crippen MR) is 126 cm³/mol. The number of nitrogens with one attached hydrogen (secondary N) is 1. The summed E-state index contributed by atoms with van der Waals surface area (Å²) in [7, 11) is 0. The summed E-state index contributed by atoms with van der Waals surface area (Å²) in [4.78, 5) is 16.1. The summed E-state index contributed by atoms with van der Waals surface area (Å²) in [5, 5.41) is 3.45. The molecule has 0 atom stereocenters. The van der Waals surface area contributed by atoms with Gasteiger partial charge in [-0.15, -0.1) is 0 Å². The van der Waals surface area contributed by atoms with E-state index in [2.05, 4.69) is 50.5 Å². The summed E-state index contributed by atoms with van der Waals surface area (Å²) < 4.78 is 7.44. The number of hydrogen-bond donors (Lipinski definition) is 2. The van der Waals surface area contributed by atoms with Gasteiger partial charge in [0.15, 0.2) is 11.5 Å². The van der Waals surface area contributed by atoms with Gasteiger partial charge in [0.25, 0.3) is 0 Å². The summed E-state index contributed by atoms with van der Waals surface area (Å²) in [6, 6.07) is 14.6. The van der Waals surface area contributed by atoms with Crippen LogP contribution in [0.3, 0.4) is 0 Å². The van der Waals surface area contributed by atoms with E-state index in [9.17, 15) is 0 Å². The van der Waals surface area contributed by atoms with E-state index in [0.29, 0.717) is 18.2 Å². The number of aromatic nitrogens is 3. The fourth-order valence-electron chi connectivity index (χ4n) is 4.26. The van der Waals surface area contributed by atoms with Gasteiger partial charge in [-0.3, -0.25) is 4.99 Å². The Morgan fingerprint density at radius 2 is 1.88 bits per heavy atom. The van der Waals surface area contributed by atoms with E-state index in [1.165, 1.54) is 5.69 Å². The number of imidazole rings is 1. The first-order chi connectivity index (χ1) is 15.7. The molecule has 0 bridgehead atoms. The quantitative estimate of drug-likeness (QED) is 0.522. The molecule has 2 aromatic carbocycles. The second kappa shape index (κ2) is 7.65. The lowest BCUT2D eigenvalue weighted by atomic mass is 10.0. The average Bonchev–Trinajstić information content (AvgIpc) is 3.47. The number of morpholine rings is 1. The molecule has 0 saturated carbocycles. The molecule has 4 heterocycles.